The highest BCUT2D eigenvalue weighted by Crippen LogP contribution is 2.30. The molecule has 0 saturated heterocycles. The molecule has 1 aromatic rings. The first kappa shape index (κ1) is 20.1. The number of hydrogen-bond donors (Lipinski definition) is 1. The molecule has 7 heteroatoms. The summed E-state index contributed by atoms with van der Waals surface area (Å²) >= 11 is 0. The topological polar surface area (TPSA) is 29.3 Å². The lowest BCUT2D eigenvalue weighted by Gasteiger charge is -2.29. The highest BCUT2D eigenvalue weighted by molar-refractivity contribution is 5.85. The van der Waals surface area contributed by atoms with Crippen LogP contribution in [-0.2, 0) is 12.7 Å². The number of rotatable bonds is 5. The smallest absolute Gasteiger partial charge is 0.330 e. The van der Waals surface area contributed by atoms with Gasteiger partial charge in [0.05, 0.1) is 5.56 Å². The molecule has 0 spiro atoms. The SMILES string of the molecule is CN(Cc1cc(F)cc(C(F)(F)F)c1)CC(C)(C)CN.Cl. The van der Waals surface area contributed by atoms with Crippen molar-refractivity contribution in [3.05, 3.63) is 35.1 Å². The van der Waals surface area contributed by atoms with Crippen LogP contribution in [0.1, 0.15) is 25.0 Å². The summed E-state index contributed by atoms with van der Waals surface area (Å²) in [5.41, 5.74) is 4.81. The van der Waals surface area contributed by atoms with Crippen LogP contribution in [-0.4, -0.2) is 25.0 Å². The summed E-state index contributed by atoms with van der Waals surface area (Å²) in [6.07, 6.45) is -4.54. The molecule has 0 saturated carbocycles. The van der Waals surface area contributed by atoms with E-state index >= 15 is 0 Å². The molecule has 0 radical (unpaired) electrons. The molecule has 0 heterocycles. The Morgan fingerprint density at radius 1 is 1.14 bits per heavy atom. The second-order valence-electron chi connectivity index (χ2n) is 5.89. The summed E-state index contributed by atoms with van der Waals surface area (Å²) in [5, 5.41) is 0. The monoisotopic (exact) mass is 328 g/mol. The molecule has 0 amide bonds. The molecule has 0 atom stereocenters. The number of halogens is 5. The maximum atomic E-state index is 13.3. The predicted octanol–water partition coefficient (Wildman–Crippen LogP) is 3.68. The molecular weight excluding hydrogens is 308 g/mol. The Morgan fingerprint density at radius 3 is 2.19 bits per heavy atom. The zero-order chi connectivity index (χ0) is 15.6. The number of nitrogens with two attached hydrogens (primary N) is 1. The normalized spacial score (nSPS) is 12.4. The number of alkyl halides is 3. The lowest BCUT2D eigenvalue weighted by molar-refractivity contribution is -0.137. The Kier molecular flexibility index (Phi) is 7.12. The highest BCUT2D eigenvalue weighted by atomic mass is 35.5. The van der Waals surface area contributed by atoms with Gasteiger partial charge in [0, 0.05) is 13.1 Å². The van der Waals surface area contributed by atoms with E-state index in [4.69, 9.17) is 5.73 Å². The Hall–Kier alpha value is -0.850. The van der Waals surface area contributed by atoms with E-state index in [1.54, 1.807) is 7.05 Å². The lowest BCUT2D eigenvalue weighted by atomic mass is 9.93. The van der Waals surface area contributed by atoms with E-state index in [0.717, 1.165) is 12.1 Å². The summed E-state index contributed by atoms with van der Waals surface area (Å²) in [6.45, 7) is 5.26. The minimum atomic E-state index is -4.54. The van der Waals surface area contributed by atoms with E-state index in [9.17, 15) is 17.6 Å². The largest absolute Gasteiger partial charge is 0.416 e. The highest BCUT2D eigenvalue weighted by Gasteiger charge is 2.31. The fraction of sp³-hybridized carbons (Fsp3) is 0.571. The molecule has 1 rings (SSSR count). The molecule has 0 unspecified atom stereocenters. The second-order valence-corrected chi connectivity index (χ2v) is 5.89. The zero-order valence-electron chi connectivity index (χ0n) is 12.3. The van der Waals surface area contributed by atoms with Crippen LogP contribution in [0.5, 0.6) is 0 Å². The third-order valence-corrected chi connectivity index (χ3v) is 2.99. The van der Waals surface area contributed by atoms with E-state index < -0.39 is 17.6 Å². The number of benzene rings is 1. The maximum Gasteiger partial charge on any atom is 0.416 e. The first-order valence-corrected chi connectivity index (χ1v) is 6.29. The van der Waals surface area contributed by atoms with E-state index in [0.29, 0.717) is 24.7 Å². The minimum absolute atomic E-state index is 0. The first-order valence-electron chi connectivity index (χ1n) is 6.29. The average molecular weight is 329 g/mol. The molecule has 0 aromatic heterocycles. The Bertz CT molecular complexity index is 461. The van der Waals surface area contributed by atoms with Crippen LogP contribution in [0.25, 0.3) is 0 Å². The second kappa shape index (κ2) is 7.42. The van der Waals surface area contributed by atoms with Gasteiger partial charge < -0.3 is 10.6 Å². The predicted molar refractivity (Wildman–Crippen MR) is 77.8 cm³/mol. The third kappa shape index (κ3) is 6.63. The average Bonchev–Trinajstić information content (AvgIpc) is 2.26. The van der Waals surface area contributed by atoms with E-state index in [1.165, 1.54) is 0 Å². The van der Waals surface area contributed by atoms with Crippen molar-refractivity contribution in [1.29, 1.82) is 0 Å². The Labute approximate surface area is 128 Å². The molecule has 0 bridgehead atoms. The zero-order valence-corrected chi connectivity index (χ0v) is 13.1. The van der Waals surface area contributed by atoms with Gasteiger partial charge in [-0.1, -0.05) is 13.8 Å². The summed E-state index contributed by atoms with van der Waals surface area (Å²) in [5.74, 6) is -0.874. The Balaban J connectivity index is 0.00000400. The van der Waals surface area contributed by atoms with Crippen LogP contribution in [0.2, 0.25) is 0 Å². The van der Waals surface area contributed by atoms with Crippen LogP contribution < -0.4 is 5.73 Å². The van der Waals surface area contributed by atoms with Crippen molar-refractivity contribution in [2.45, 2.75) is 26.6 Å². The van der Waals surface area contributed by atoms with Gasteiger partial charge in [-0.2, -0.15) is 13.2 Å². The molecule has 21 heavy (non-hydrogen) atoms. The fourth-order valence-corrected chi connectivity index (χ4v) is 2.07. The summed E-state index contributed by atoms with van der Waals surface area (Å²) in [6, 6.07) is 2.61. The summed E-state index contributed by atoms with van der Waals surface area (Å²) in [7, 11) is 1.77. The molecule has 2 nitrogen and oxygen atoms in total. The number of nitrogens with zero attached hydrogens (tertiary/aromatic N) is 1. The van der Waals surface area contributed by atoms with Crippen LogP contribution in [0, 0.1) is 11.2 Å². The van der Waals surface area contributed by atoms with Crippen molar-refractivity contribution in [2.24, 2.45) is 11.1 Å². The lowest BCUT2D eigenvalue weighted by Crippen LogP contribution is -2.36. The number of hydrogen-bond acceptors (Lipinski definition) is 2. The van der Waals surface area contributed by atoms with Gasteiger partial charge in [-0.25, -0.2) is 4.39 Å². The van der Waals surface area contributed by atoms with Crippen molar-refractivity contribution in [3.8, 4) is 0 Å². The van der Waals surface area contributed by atoms with Crippen molar-refractivity contribution in [1.82, 2.24) is 4.90 Å². The first-order chi connectivity index (χ1) is 9.03. The van der Waals surface area contributed by atoms with E-state index in [-0.39, 0.29) is 24.4 Å². The third-order valence-electron chi connectivity index (χ3n) is 2.99. The van der Waals surface area contributed by atoms with Crippen LogP contribution in [0.4, 0.5) is 17.6 Å². The van der Waals surface area contributed by atoms with Gasteiger partial charge >= 0.3 is 6.18 Å². The van der Waals surface area contributed by atoms with Crippen molar-refractivity contribution in [3.63, 3.8) is 0 Å². The molecule has 0 aliphatic heterocycles. The Morgan fingerprint density at radius 2 is 1.71 bits per heavy atom. The molecule has 0 fully saturated rings. The quantitative estimate of drug-likeness (QED) is 0.835. The van der Waals surface area contributed by atoms with Gasteiger partial charge in [0.2, 0.25) is 0 Å². The molecule has 0 aliphatic carbocycles. The molecule has 2 N–H and O–H groups in total. The standard InChI is InChI=1S/C14H20F4N2.ClH/c1-13(2,8-19)9-20(3)7-10-4-11(14(16,17)18)6-12(15)5-10;/h4-6H,7-9,19H2,1-3H3;1H. The van der Waals surface area contributed by atoms with E-state index in [2.05, 4.69) is 0 Å². The van der Waals surface area contributed by atoms with Crippen LogP contribution in [0.15, 0.2) is 18.2 Å². The van der Waals surface area contributed by atoms with Gasteiger partial charge in [-0.05, 0) is 42.8 Å². The van der Waals surface area contributed by atoms with Gasteiger partial charge in [-0.3, -0.25) is 0 Å². The molecule has 122 valence electrons. The van der Waals surface area contributed by atoms with Crippen LogP contribution in [0.3, 0.4) is 0 Å². The van der Waals surface area contributed by atoms with Crippen molar-refractivity contribution >= 4 is 12.4 Å². The van der Waals surface area contributed by atoms with Gasteiger partial charge in [0.1, 0.15) is 5.82 Å². The van der Waals surface area contributed by atoms with Crippen molar-refractivity contribution < 1.29 is 17.6 Å². The van der Waals surface area contributed by atoms with Crippen LogP contribution >= 0.6 is 12.4 Å². The van der Waals surface area contributed by atoms with Gasteiger partial charge in [-0.15, -0.1) is 12.4 Å². The van der Waals surface area contributed by atoms with E-state index in [1.807, 2.05) is 18.7 Å². The summed E-state index contributed by atoms with van der Waals surface area (Å²) in [4.78, 5) is 1.84. The molecule has 0 aliphatic rings. The van der Waals surface area contributed by atoms with Crippen molar-refractivity contribution in [2.75, 3.05) is 20.1 Å². The summed E-state index contributed by atoms with van der Waals surface area (Å²) < 4.78 is 51.1. The fourth-order valence-electron chi connectivity index (χ4n) is 2.07. The van der Waals surface area contributed by atoms with Gasteiger partial charge in [0.25, 0.3) is 0 Å². The maximum absolute atomic E-state index is 13.3. The van der Waals surface area contributed by atoms with Gasteiger partial charge in [0.15, 0.2) is 0 Å². The molecule has 1 aromatic carbocycles. The minimum Gasteiger partial charge on any atom is -0.330 e. The molecular formula is C14H21ClF4N2.